The van der Waals surface area contributed by atoms with Crippen LogP contribution < -0.4 is 4.74 Å². The Balaban J connectivity index is 2.14. The second-order valence-electron chi connectivity index (χ2n) is 4.61. The van der Waals surface area contributed by atoms with Crippen LogP contribution in [0.2, 0.25) is 0 Å². The number of hydrogen-bond donors (Lipinski definition) is 0. The lowest BCUT2D eigenvalue weighted by Gasteiger charge is -2.09. The number of alkyl halides is 1. The van der Waals surface area contributed by atoms with Crippen molar-refractivity contribution in [3.05, 3.63) is 36.4 Å². The maximum absolute atomic E-state index is 5.71. The molecule has 102 valence electrons. The van der Waals surface area contributed by atoms with E-state index >= 15 is 0 Å². The van der Waals surface area contributed by atoms with Crippen LogP contribution in [0.3, 0.4) is 0 Å². The fourth-order valence-electron chi connectivity index (χ4n) is 1.77. The third-order valence-electron chi connectivity index (χ3n) is 2.57. The van der Waals surface area contributed by atoms with Gasteiger partial charge in [0.2, 0.25) is 0 Å². The molecule has 0 N–H and O–H groups in total. The zero-order chi connectivity index (χ0) is 13.7. The molecular weight excluding hydrogens is 262 g/mol. The number of ether oxygens (including phenoxy) is 1. The Morgan fingerprint density at radius 3 is 2.95 bits per heavy atom. The van der Waals surface area contributed by atoms with Crippen LogP contribution in [-0.4, -0.2) is 17.0 Å². The van der Waals surface area contributed by atoms with Gasteiger partial charge in [0.15, 0.2) is 11.7 Å². The number of halogens is 1. The van der Waals surface area contributed by atoms with Crippen LogP contribution in [0.5, 0.6) is 5.75 Å². The van der Waals surface area contributed by atoms with Gasteiger partial charge < -0.3 is 9.15 Å². The summed E-state index contributed by atoms with van der Waals surface area (Å²) in [7, 11) is 0. The van der Waals surface area contributed by atoms with Crippen molar-refractivity contribution in [1.82, 2.24) is 4.98 Å². The largest absolute Gasteiger partial charge is 0.491 e. The van der Waals surface area contributed by atoms with Gasteiger partial charge in [-0.05, 0) is 32.4 Å². The third-order valence-corrected chi connectivity index (χ3v) is 2.84. The fourth-order valence-corrected chi connectivity index (χ4v) is 1.91. The van der Waals surface area contributed by atoms with Gasteiger partial charge in [-0.3, -0.25) is 0 Å². The minimum atomic E-state index is 0.157. The van der Waals surface area contributed by atoms with Crippen molar-refractivity contribution in [2.45, 2.75) is 32.8 Å². The lowest BCUT2D eigenvalue weighted by atomic mass is 10.2. The predicted octanol–water partition coefficient (Wildman–Crippen LogP) is 4.30. The summed E-state index contributed by atoms with van der Waals surface area (Å²) in [6.07, 6.45) is 3.55. The van der Waals surface area contributed by atoms with E-state index in [1.54, 1.807) is 6.20 Å². The lowest BCUT2D eigenvalue weighted by molar-refractivity contribution is 0.242. The molecule has 0 amide bonds. The number of aryl methyl sites for hydroxylation is 1. The van der Waals surface area contributed by atoms with Crippen molar-refractivity contribution >= 4 is 11.6 Å². The first-order chi connectivity index (χ1) is 9.19. The molecule has 4 heteroatoms. The van der Waals surface area contributed by atoms with Crippen molar-refractivity contribution in [1.29, 1.82) is 0 Å². The quantitative estimate of drug-likeness (QED) is 0.740. The van der Waals surface area contributed by atoms with Gasteiger partial charge >= 0.3 is 0 Å². The number of hydrogen-bond acceptors (Lipinski definition) is 3. The molecule has 0 bridgehead atoms. The maximum atomic E-state index is 5.71. The van der Waals surface area contributed by atoms with Crippen LogP contribution in [0.25, 0.3) is 11.3 Å². The van der Waals surface area contributed by atoms with Gasteiger partial charge in [0.05, 0.1) is 12.3 Å². The van der Waals surface area contributed by atoms with E-state index in [2.05, 4.69) is 4.98 Å². The van der Waals surface area contributed by atoms with Crippen LogP contribution >= 0.6 is 11.6 Å². The van der Waals surface area contributed by atoms with Crippen molar-refractivity contribution in [2.24, 2.45) is 0 Å². The summed E-state index contributed by atoms with van der Waals surface area (Å²) >= 11 is 5.66. The molecule has 0 aliphatic rings. The van der Waals surface area contributed by atoms with Crippen LogP contribution in [0.1, 0.15) is 26.2 Å². The highest BCUT2D eigenvalue weighted by atomic mass is 35.5. The van der Waals surface area contributed by atoms with Gasteiger partial charge in [0, 0.05) is 17.9 Å². The van der Waals surface area contributed by atoms with Gasteiger partial charge in [0.1, 0.15) is 5.75 Å². The number of nitrogens with zero attached hydrogens (tertiary/aromatic N) is 1. The summed E-state index contributed by atoms with van der Waals surface area (Å²) < 4.78 is 11.4. The highest BCUT2D eigenvalue weighted by Crippen LogP contribution is 2.25. The number of benzene rings is 1. The van der Waals surface area contributed by atoms with Crippen LogP contribution in [0, 0.1) is 0 Å². The Morgan fingerprint density at radius 1 is 1.37 bits per heavy atom. The molecule has 0 aliphatic heterocycles. The molecule has 3 nitrogen and oxygen atoms in total. The number of oxazole rings is 1. The topological polar surface area (TPSA) is 35.3 Å². The first kappa shape index (κ1) is 13.9. The molecule has 0 radical (unpaired) electrons. The van der Waals surface area contributed by atoms with Gasteiger partial charge in [-0.1, -0.05) is 12.1 Å². The molecule has 19 heavy (non-hydrogen) atoms. The first-order valence-electron chi connectivity index (χ1n) is 6.47. The smallest absolute Gasteiger partial charge is 0.194 e. The van der Waals surface area contributed by atoms with Crippen molar-refractivity contribution in [3.63, 3.8) is 0 Å². The van der Waals surface area contributed by atoms with Crippen LogP contribution in [0.4, 0.5) is 0 Å². The van der Waals surface area contributed by atoms with E-state index in [1.807, 2.05) is 38.1 Å². The lowest BCUT2D eigenvalue weighted by Crippen LogP contribution is -2.05. The minimum Gasteiger partial charge on any atom is -0.491 e. The molecule has 0 saturated carbocycles. The summed E-state index contributed by atoms with van der Waals surface area (Å²) in [6.45, 7) is 4.01. The standard InChI is InChI=1S/C15H18ClNO2/c1-11(2)18-13-6-3-5-12(9-13)14-10-17-15(19-14)7-4-8-16/h3,5-6,9-11H,4,7-8H2,1-2H3. The van der Waals surface area contributed by atoms with E-state index in [4.69, 9.17) is 20.8 Å². The van der Waals surface area contributed by atoms with E-state index in [1.165, 1.54) is 0 Å². The Kier molecular flexibility index (Phi) is 4.86. The summed E-state index contributed by atoms with van der Waals surface area (Å²) in [5.41, 5.74) is 0.975. The molecule has 0 spiro atoms. The molecular formula is C15H18ClNO2. The van der Waals surface area contributed by atoms with E-state index in [0.717, 1.165) is 35.8 Å². The van der Waals surface area contributed by atoms with Crippen molar-refractivity contribution in [3.8, 4) is 17.1 Å². The monoisotopic (exact) mass is 279 g/mol. The van der Waals surface area contributed by atoms with Crippen LogP contribution in [0.15, 0.2) is 34.9 Å². The van der Waals surface area contributed by atoms with Crippen LogP contribution in [-0.2, 0) is 6.42 Å². The zero-order valence-electron chi connectivity index (χ0n) is 11.2. The predicted molar refractivity (Wildman–Crippen MR) is 76.7 cm³/mol. The van der Waals surface area contributed by atoms with Crippen molar-refractivity contribution < 1.29 is 9.15 Å². The molecule has 2 aromatic rings. The molecule has 1 aromatic heterocycles. The first-order valence-corrected chi connectivity index (χ1v) is 7.00. The molecule has 0 atom stereocenters. The van der Waals surface area contributed by atoms with Crippen molar-refractivity contribution in [2.75, 3.05) is 5.88 Å². The Hall–Kier alpha value is -1.48. The Labute approximate surface area is 118 Å². The van der Waals surface area contributed by atoms with E-state index < -0.39 is 0 Å². The van der Waals surface area contributed by atoms with Gasteiger partial charge in [-0.25, -0.2) is 4.98 Å². The second-order valence-corrected chi connectivity index (χ2v) is 4.98. The minimum absolute atomic E-state index is 0.157. The third kappa shape index (κ3) is 4.00. The second kappa shape index (κ2) is 6.62. The number of rotatable bonds is 6. The fraction of sp³-hybridized carbons (Fsp3) is 0.400. The Bertz CT molecular complexity index is 522. The molecule has 1 heterocycles. The maximum Gasteiger partial charge on any atom is 0.194 e. The average Bonchev–Trinajstić information content (AvgIpc) is 2.84. The molecule has 0 saturated heterocycles. The zero-order valence-corrected chi connectivity index (χ0v) is 12.0. The summed E-state index contributed by atoms with van der Waals surface area (Å²) in [5.74, 6) is 2.95. The molecule has 0 fully saturated rings. The average molecular weight is 280 g/mol. The normalized spacial score (nSPS) is 10.9. The highest BCUT2D eigenvalue weighted by Gasteiger charge is 2.07. The molecule has 0 unspecified atom stereocenters. The van der Waals surface area contributed by atoms with Gasteiger partial charge in [-0.2, -0.15) is 0 Å². The van der Waals surface area contributed by atoms with Gasteiger partial charge in [0.25, 0.3) is 0 Å². The SMILES string of the molecule is CC(C)Oc1cccc(-c2cnc(CCCCl)o2)c1. The van der Waals surface area contributed by atoms with E-state index in [0.29, 0.717) is 5.88 Å². The molecule has 1 aromatic carbocycles. The number of aromatic nitrogens is 1. The molecule has 2 rings (SSSR count). The summed E-state index contributed by atoms with van der Waals surface area (Å²) in [6, 6.07) is 7.84. The van der Waals surface area contributed by atoms with E-state index in [-0.39, 0.29) is 6.10 Å². The van der Waals surface area contributed by atoms with Gasteiger partial charge in [-0.15, -0.1) is 11.6 Å². The highest BCUT2D eigenvalue weighted by molar-refractivity contribution is 6.17. The summed E-state index contributed by atoms with van der Waals surface area (Å²) in [5, 5.41) is 0. The molecule has 0 aliphatic carbocycles. The van der Waals surface area contributed by atoms with E-state index in [9.17, 15) is 0 Å². The Morgan fingerprint density at radius 2 is 2.21 bits per heavy atom. The summed E-state index contributed by atoms with van der Waals surface area (Å²) in [4.78, 5) is 4.25.